The van der Waals surface area contributed by atoms with Crippen molar-refractivity contribution in [3.63, 3.8) is 0 Å². The van der Waals surface area contributed by atoms with Crippen molar-refractivity contribution in [1.82, 2.24) is 0 Å². The molecule has 8 heteroatoms. The summed E-state index contributed by atoms with van der Waals surface area (Å²) >= 11 is 3.14. The first-order valence-corrected chi connectivity index (χ1v) is 6.53. The molecule has 0 saturated heterocycles. The van der Waals surface area contributed by atoms with Crippen LogP contribution in [0.2, 0.25) is 0 Å². The highest BCUT2D eigenvalue weighted by molar-refractivity contribution is 9.10. The fourth-order valence-electron chi connectivity index (χ4n) is 1.71. The summed E-state index contributed by atoms with van der Waals surface area (Å²) in [5, 5.41) is 23.0. The van der Waals surface area contributed by atoms with Gasteiger partial charge in [-0.3, -0.25) is 10.1 Å². The largest absolute Gasteiger partial charge is 0.506 e. The Labute approximate surface area is 126 Å². The third-order valence-corrected chi connectivity index (χ3v) is 3.41. The monoisotopic (exact) mass is 358 g/mol. The number of nitrogens with one attached hydrogen (secondary N) is 1. The van der Waals surface area contributed by atoms with Crippen LogP contribution in [0.15, 0.2) is 34.8 Å². The number of anilines is 1. The van der Waals surface area contributed by atoms with E-state index in [9.17, 15) is 24.0 Å². The van der Waals surface area contributed by atoms with Crippen LogP contribution < -0.4 is 5.32 Å². The second kappa shape index (κ2) is 6.04. The van der Waals surface area contributed by atoms with E-state index in [1.54, 1.807) is 18.2 Å². The molecule has 0 aliphatic rings. The van der Waals surface area contributed by atoms with Crippen molar-refractivity contribution in [3.05, 3.63) is 62.1 Å². The van der Waals surface area contributed by atoms with Gasteiger partial charge >= 0.3 is 5.69 Å². The number of benzene rings is 2. The number of aromatic hydroxyl groups is 1. The van der Waals surface area contributed by atoms with Crippen molar-refractivity contribution < 1.29 is 18.8 Å². The summed E-state index contributed by atoms with van der Waals surface area (Å²) in [6.07, 6.45) is 0. The van der Waals surface area contributed by atoms with Gasteiger partial charge in [-0.05, 0) is 22.0 Å². The van der Waals surface area contributed by atoms with E-state index < -0.39 is 22.2 Å². The zero-order chi connectivity index (χ0) is 15.6. The third-order valence-electron chi connectivity index (χ3n) is 2.77. The number of hydrogen-bond acceptors (Lipinski definition) is 4. The minimum absolute atomic E-state index is 0.0188. The van der Waals surface area contributed by atoms with Crippen molar-refractivity contribution in [2.24, 2.45) is 0 Å². The van der Waals surface area contributed by atoms with E-state index in [2.05, 4.69) is 21.2 Å². The highest BCUT2D eigenvalue weighted by Crippen LogP contribution is 2.29. The number of phenols is 1. The lowest BCUT2D eigenvalue weighted by molar-refractivity contribution is -0.387. The number of nitrogens with zero attached hydrogens (tertiary/aromatic N) is 1. The molecule has 5 nitrogen and oxygen atoms in total. The lowest BCUT2D eigenvalue weighted by atomic mass is 10.2. The molecule has 2 N–H and O–H groups in total. The number of nitro benzene ring substituents is 1. The van der Waals surface area contributed by atoms with E-state index in [-0.39, 0.29) is 18.0 Å². The fourth-order valence-corrected chi connectivity index (χ4v) is 2.11. The Morgan fingerprint density at radius 3 is 2.67 bits per heavy atom. The molecule has 2 aromatic rings. The molecule has 0 unspecified atom stereocenters. The normalized spacial score (nSPS) is 10.4. The van der Waals surface area contributed by atoms with Crippen LogP contribution in [0.25, 0.3) is 0 Å². The first-order chi connectivity index (χ1) is 9.90. The van der Waals surface area contributed by atoms with E-state index in [4.69, 9.17) is 0 Å². The summed E-state index contributed by atoms with van der Waals surface area (Å²) in [6, 6.07) is 6.12. The Morgan fingerprint density at radius 1 is 1.29 bits per heavy atom. The Morgan fingerprint density at radius 2 is 2.00 bits per heavy atom. The highest BCUT2D eigenvalue weighted by atomic mass is 79.9. The van der Waals surface area contributed by atoms with Crippen molar-refractivity contribution in [2.45, 2.75) is 6.54 Å². The molecule has 0 aliphatic heterocycles. The molecule has 21 heavy (non-hydrogen) atoms. The molecule has 0 radical (unpaired) electrons. The number of para-hydroxylation sites is 1. The molecule has 0 aromatic heterocycles. The summed E-state index contributed by atoms with van der Waals surface area (Å²) in [5.41, 5.74) is -0.587. The number of hydrogen-bond donors (Lipinski definition) is 2. The molecule has 0 bridgehead atoms. The van der Waals surface area contributed by atoms with Crippen molar-refractivity contribution >= 4 is 27.3 Å². The van der Waals surface area contributed by atoms with E-state index in [1.807, 2.05) is 0 Å². The molecular weight excluding hydrogens is 350 g/mol. The molecular formula is C13H9BrF2N2O3. The average molecular weight is 359 g/mol. The highest BCUT2D eigenvalue weighted by Gasteiger charge is 2.18. The number of phenolic OH excluding ortho intramolecular Hbond substituents is 1. The molecule has 2 rings (SSSR count). The maximum absolute atomic E-state index is 13.6. The van der Waals surface area contributed by atoms with Gasteiger partial charge in [-0.1, -0.05) is 12.1 Å². The van der Waals surface area contributed by atoms with Gasteiger partial charge in [0.25, 0.3) is 0 Å². The van der Waals surface area contributed by atoms with Gasteiger partial charge in [0.05, 0.1) is 15.1 Å². The van der Waals surface area contributed by atoms with E-state index in [1.165, 1.54) is 0 Å². The van der Waals surface area contributed by atoms with E-state index in [0.29, 0.717) is 16.1 Å². The second-order valence-electron chi connectivity index (χ2n) is 4.14. The quantitative estimate of drug-likeness (QED) is 0.640. The van der Waals surface area contributed by atoms with Crippen LogP contribution in [0.4, 0.5) is 20.2 Å². The van der Waals surface area contributed by atoms with Crippen molar-refractivity contribution in [1.29, 1.82) is 0 Å². The summed E-state index contributed by atoms with van der Waals surface area (Å²) in [6.45, 7) is 0.0188. The van der Waals surface area contributed by atoms with Gasteiger partial charge in [0.2, 0.25) is 5.82 Å². The molecule has 0 fully saturated rings. The first-order valence-electron chi connectivity index (χ1n) is 5.74. The molecule has 2 aromatic carbocycles. The van der Waals surface area contributed by atoms with Crippen LogP contribution in [0, 0.1) is 21.7 Å². The second-order valence-corrected chi connectivity index (χ2v) is 5.00. The Hall–Kier alpha value is -2.22. The standard InChI is InChI=1S/C13H9BrF2N2O3/c14-8-3-1-2-7(13(8)19)6-17-11-5-12(18(20)21)10(16)4-9(11)15/h1-5,17,19H,6H2. The molecule has 0 aliphatic carbocycles. The summed E-state index contributed by atoms with van der Waals surface area (Å²) in [5.74, 6) is -2.22. The molecule has 110 valence electrons. The number of rotatable bonds is 4. The van der Waals surface area contributed by atoms with Crippen LogP contribution in [0.5, 0.6) is 5.75 Å². The maximum atomic E-state index is 13.6. The van der Waals surface area contributed by atoms with E-state index in [0.717, 1.165) is 6.07 Å². The molecule has 0 amide bonds. The first kappa shape index (κ1) is 15.2. The Kier molecular flexibility index (Phi) is 4.37. The minimum atomic E-state index is -1.24. The zero-order valence-corrected chi connectivity index (χ0v) is 12.0. The number of halogens is 3. The third kappa shape index (κ3) is 3.27. The number of nitro groups is 1. The lowest BCUT2D eigenvalue weighted by Gasteiger charge is -2.10. The molecule has 0 spiro atoms. The van der Waals surface area contributed by atoms with Crippen LogP contribution in [-0.2, 0) is 6.54 Å². The van der Waals surface area contributed by atoms with Gasteiger partial charge in [0.1, 0.15) is 11.6 Å². The van der Waals surface area contributed by atoms with Crippen LogP contribution >= 0.6 is 15.9 Å². The smallest absolute Gasteiger partial charge is 0.307 e. The van der Waals surface area contributed by atoms with Gasteiger partial charge in [0.15, 0.2) is 0 Å². The summed E-state index contributed by atoms with van der Waals surface area (Å²) in [7, 11) is 0. The Bertz CT molecular complexity index is 710. The zero-order valence-electron chi connectivity index (χ0n) is 10.4. The van der Waals surface area contributed by atoms with Gasteiger partial charge in [-0.2, -0.15) is 4.39 Å². The van der Waals surface area contributed by atoms with Gasteiger partial charge < -0.3 is 10.4 Å². The van der Waals surface area contributed by atoms with Gasteiger partial charge in [-0.25, -0.2) is 4.39 Å². The average Bonchev–Trinajstić information content (AvgIpc) is 2.41. The molecule has 0 heterocycles. The molecule has 0 atom stereocenters. The van der Waals surface area contributed by atoms with Crippen molar-refractivity contribution in [3.8, 4) is 5.75 Å². The predicted molar refractivity (Wildman–Crippen MR) is 76.1 cm³/mol. The maximum Gasteiger partial charge on any atom is 0.307 e. The SMILES string of the molecule is O=[N+]([O-])c1cc(NCc2cccc(Br)c2O)c(F)cc1F. The van der Waals surface area contributed by atoms with Gasteiger partial charge in [0, 0.05) is 24.2 Å². The van der Waals surface area contributed by atoms with Crippen LogP contribution in [0.3, 0.4) is 0 Å². The van der Waals surface area contributed by atoms with Crippen LogP contribution in [-0.4, -0.2) is 10.0 Å². The Balaban J connectivity index is 2.26. The fraction of sp³-hybridized carbons (Fsp3) is 0.0769. The van der Waals surface area contributed by atoms with Crippen molar-refractivity contribution in [2.75, 3.05) is 5.32 Å². The minimum Gasteiger partial charge on any atom is -0.506 e. The topological polar surface area (TPSA) is 75.4 Å². The predicted octanol–water partition coefficient (Wildman–Crippen LogP) is 3.95. The van der Waals surface area contributed by atoms with Crippen LogP contribution in [0.1, 0.15) is 5.56 Å². The molecule has 0 saturated carbocycles. The van der Waals surface area contributed by atoms with E-state index >= 15 is 0 Å². The van der Waals surface area contributed by atoms with Gasteiger partial charge in [-0.15, -0.1) is 0 Å². The summed E-state index contributed by atoms with van der Waals surface area (Å²) < 4.78 is 27.3. The summed E-state index contributed by atoms with van der Waals surface area (Å²) in [4.78, 5) is 9.69. The lowest BCUT2D eigenvalue weighted by Crippen LogP contribution is -2.04.